The second kappa shape index (κ2) is 9.41. The Labute approximate surface area is 206 Å². The number of hydrogen-bond acceptors (Lipinski definition) is 10. The highest BCUT2D eigenvalue weighted by Gasteiger charge is 2.14. The molecule has 13 heteroatoms. The predicted octanol–water partition coefficient (Wildman–Crippen LogP) is 5.47. The van der Waals surface area contributed by atoms with Crippen LogP contribution in [0.2, 0.25) is 10.0 Å². The van der Waals surface area contributed by atoms with E-state index in [0.29, 0.717) is 33.6 Å². The van der Waals surface area contributed by atoms with Crippen LogP contribution in [0.15, 0.2) is 68.7 Å². The Bertz CT molecular complexity index is 1580. The molecule has 0 aliphatic carbocycles. The zero-order valence-electron chi connectivity index (χ0n) is 17.4. The second-order valence-electron chi connectivity index (χ2n) is 7.04. The number of furan rings is 1. The molecule has 0 fully saturated rings. The number of fused-ring (bicyclic) bond motifs is 1. The number of nitrogens with one attached hydrogen (secondary N) is 2. The quantitative estimate of drug-likeness (QED) is 0.190. The third-order valence-corrected chi connectivity index (χ3v) is 5.24. The van der Waals surface area contributed by atoms with E-state index in [-0.39, 0.29) is 27.7 Å². The highest BCUT2D eigenvalue weighted by atomic mass is 35.5. The Kier molecular flexibility index (Phi) is 6.00. The van der Waals surface area contributed by atoms with Crippen LogP contribution in [-0.4, -0.2) is 37.6 Å². The van der Waals surface area contributed by atoms with Gasteiger partial charge in [-0.2, -0.15) is 10.1 Å². The number of hydrogen-bond donors (Lipinski definition) is 3. The van der Waals surface area contributed by atoms with Crippen molar-refractivity contribution in [2.75, 3.05) is 10.7 Å². The topological polar surface area (TPSA) is 152 Å². The van der Waals surface area contributed by atoms with E-state index in [2.05, 4.69) is 36.1 Å². The van der Waals surface area contributed by atoms with E-state index >= 15 is 0 Å². The van der Waals surface area contributed by atoms with Crippen molar-refractivity contribution in [1.29, 1.82) is 0 Å². The van der Waals surface area contributed by atoms with Gasteiger partial charge < -0.3 is 14.8 Å². The van der Waals surface area contributed by atoms with Crippen LogP contribution in [0.25, 0.3) is 22.6 Å². The second-order valence-corrected chi connectivity index (χ2v) is 7.88. The van der Waals surface area contributed by atoms with Crippen molar-refractivity contribution < 1.29 is 18.9 Å². The number of hydrazone groups is 1. The summed E-state index contributed by atoms with van der Waals surface area (Å²) in [5, 5.41) is 24.6. The number of aromatic carboxylic acids is 1. The van der Waals surface area contributed by atoms with Gasteiger partial charge in [0.05, 0.1) is 16.8 Å². The molecule has 3 aromatic heterocycles. The smallest absolute Gasteiger partial charge is 0.337 e. The summed E-state index contributed by atoms with van der Waals surface area (Å²) in [7, 11) is 0. The molecule has 5 rings (SSSR count). The third-order valence-electron chi connectivity index (χ3n) is 4.67. The number of benzene rings is 2. The van der Waals surface area contributed by atoms with Gasteiger partial charge in [-0.05, 0) is 58.8 Å². The number of carboxylic acid groups (broad SMARTS) is 1. The minimum Gasteiger partial charge on any atom is -0.478 e. The zero-order valence-corrected chi connectivity index (χ0v) is 18.9. The maximum Gasteiger partial charge on any atom is 0.337 e. The molecule has 0 amide bonds. The lowest BCUT2D eigenvalue weighted by molar-refractivity contribution is 0.0697. The van der Waals surface area contributed by atoms with Gasteiger partial charge in [0.25, 0.3) is 0 Å². The third kappa shape index (κ3) is 4.90. The SMILES string of the molecule is O=C(O)c1cc(-c2ccc(/C=N/Nc3nc4nonc4nc3Nc3cccc(Cl)c3)o2)ccc1Cl. The van der Waals surface area contributed by atoms with E-state index in [1.54, 1.807) is 36.4 Å². The first-order valence-electron chi connectivity index (χ1n) is 9.91. The molecule has 2 aromatic carbocycles. The lowest BCUT2D eigenvalue weighted by Gasteiger charge is -2.09. The number of rotatable bonds is 7. The van der Waals surface area contributed by atoms with Gasteiger partial charge in [0, 0.05) is 16.3 Å². The fourth-order valence-electron chi connectivity index (χ4n) is 3.08. The van der Waals surface area contributed by atoms with Crippen molar-refractivity contribution in [1.82, 2.24) is 20.3 Å². The molecule has 0 atom stereocenters. The van der Waals surface area contributed by atoms with E-state index in [1.807, 2.05) is 6.07 Å². The fourth-order valence-corrected chi connectivity index (χ4v) is 3.47. The van der Waals surface area contributed by atoms with Gasteiger partial charge in [0.15, 0.2) is 11.6 Å². The molecule has 174 valence electrons. The highest BCUT2D eigenvalue weighted by molar-refractivity contribution is 6.33. The molecule has 0 spiro atoms. The highest BCUT2D eigenvalue weighted by Crippen LogP contribution is 2.27. The molecule has 0 bridgehead atoms. The summed E-state index contributed by atoms with van der Waals surface area (Å²) in [6.45, 7) is 0. The van der Waals surface area contributed by atoms with Crippen LogP contribution in [0.3, 0.4) is 0 Å². The molecule has 0 radical (unpaired) electrons. The molecule has 11 nitrogen and oxygen atoms in total. The van der Waals surface area contributed by atoms with Crippen molar-refractivity contribution in [2.45, 2.75) is 0 Å². The van der Waals surface area contributed by atoms with Crippen molar-refractivity contribution in [3.63, 3.8) is 0 Å². The van der Waals surface area contributed by atoms with Crippen LogP contribution in [0, 0.1) is 0 Å². The molecule has 35 heavy (non-hydrogen) atoms. The standard InChI is InChI=1S/C22H13Cl2N7O4/c23-12-2-1-3-13(9-12)26-18-19(28-21-20(27-18)30-35-31-21)29-25-10-14-5-7-17(34-14)11-4-6-16(24)15(8-11)22(32)33/h1-10H,(H,32,33)(H,26,27,30)(H,28,29,31)/b25-10+. The molecule has 3 heterocycles. The molecule has 0 aliphatic heterocycles. The van der Waals surface area contributed by atoms with E-state index < -0.39 is 5.97 Å². The van der Waals surface area contributed by atoms with Gasteiger partial charge in [-0.3, -0.25) is 5.43 Å². The normalized spacial score (nSPS) is 11.3. The Morgan fingerprint density at radius 2 is 1.80 bits per heavy atom. The number of anilines is 3. The molecular weight excluding hydrogens is 497 g/mol. The number of carboxylic acids is 1. The number of carbonyl (C=O) groups is 1. The summed E-state index contributed by atoms with van der Waals surface area (Å²) in [5.41, 5.74) is 4.41. The van der Waals surface area contributed by atoms with Crippen LogP contribution in [-0.2, 0) is 0 Å². The van der Waals surface area contributed by atoms with E-state index in [9.17, 15) is 9.90 Å². The predicted molar refractivity (Wildman–Crippen MR) is 129 cm³/mol. The monoisotopic (exact) mass is 509 g/mol. The first-order valence-corrected chi connectivity index (χ1v) is 10.7. The average Bonchev–Trinajstić information content (AvgIpc) is 3.49. The minimum absolute atomic E-state index is 0.0199. The van der Waals surface area contributed by atoms with Crippen LogP contribution in [0.5, 0.6) is 0 Å². The fraction of sp³-hybridized carbons (Fsp3) is 0. The molecule has 0 saturated carbocycles. The molecular formula is C22H13Cl2N7O4. The minimum atomic E-state index is -1.13. The van der Waals surface area contributed by atoms with Crippen molar-refractivity contribution in [2.24, 2.45) is 5.10 Å². The average molecular weight is 510 g/mol. The van der Waals surface area contributed by atoms with Gasteiger partial charge in [-0.1, -0.05) is 29.3 Å². The maximum atomic E-state index is 11.3. The molecule has 3 N–H and O–H groups in total. The van der Waals surface area contributed by atoms with Crippen LogP contribution < -0.4 is 10.7 Å². The van der Waals surface area contributed by atoms with Crippen LogP contribution >= 0.6 is 23.2 Å². The Balaban J connectivity index is 1.37. The van der Waals surface area contributed by atoms with Gasteiger partial charge >= 0.3 is 5.97 Å². The Morgan fingerprint density at radius 3 is 2.57 bits per heavy atom. The molecule has 0 saturated heterocycles. The van der Waals surface area contributed by atoms with E-state index in [0.717, 1.165) is 0 Å². The lowest BCUT2D eigenvalue weighted by Crippen LogP contribution is -2.03. The Hall–Kier alpha value is -4.48. The number of halogens is 2. The van der Waals surface area contributed by atoms with Crippen molar-refractivity contribution >= 4 is 64.0 Å². The largest absolute Gasteiger partial charge is 0.478 e. The molecule has 5 aromatic rings. The number of nitrogens with zero attached hydrogens (tertiary/aromatic N) is 5. The first kappa shape index (κ1) is 22.3. The first-order chi connectivity index (χ1) is 17.0. The van der Waals surface area contributed by atoms with Crippen LogP contribution in [0.4, 0.5) is 17.3 Å². The number of aromatic nitrogens is 4. The molecule has 0 unspecified atom stereocenters. The lowest BCUT2D eigenvalue weighted by atomic mass is 10.1. The zero-order chi connectivity index (χ0) is 24.4. The summed E-state index contributed by atoms with van der Waals surface area (Å²) in [6, 6.07) is 15.0. The molecule has 0 aliphatic rings. The van der Waals surface area contributed by atoms with Gasteiger partial charge in [0.2, 0.25) is 11.3 Å². The van der Waals surface area contributed by atoms with E-state index in [4.69, 9.17) is 32.2 Å². The summed E-state index contributed by atoms with van der Waals surface area (Å²) in [4.78, 5) is 20.0. The van der Waals surface area contributed by atoms with Gasteiger partial charge in [-0.15, -0.1) is 0 Å². The van der Waals surface area contributed by atoms with Crippen LogP contribution in [0.1, 0.15) is 16.1 Å². The van der Waals surface area contributed by atoms with E-state index in [1.165, 1.54) is 18.3 Å². The summed E-state index contributed by atoms with van der Waals surface area (Å²) < 4.78 is 10.4. The van der Waals surface area contributed by atoms with Gasteiger partial charge in [0.1, 0.15) is 11.5 Å². The van der Waals surface area contributed by atoms with Crippen molar-refractivity contribution in [3.8, 4) is 11.3 Å². The Morgan fingerprint density at radius 1 is 1.00 bits per heavy atom. The maximum absolute atomic E-state index is 11.3. The van der Waals surface area contributed by atoms with Gasteiger partial charge in [-0.25, -0.2) is 14.4 Å². The summed E-state index contributed by atoms with van der Waals surface area (Å²) in [5.74, 6) is 0.289. The summed E-state index contributed by atoms with van der Waals surface area (Å²) in [6.07, 6.45) is 1.42. The van der Waals surface area contributed by atoms with Crippen molar-refractivity contribution in [3.05, 3.63) is 76.0 Å². The summed E-state index contributed by atoms with van der Waals surface area (Å²) >= 11 is 12.0.